The monoisotopic (exact) mass is 475 g/mol. The third-order valence-electron chi connectivity index (χ3n) is 4.71. The summed E-state index contributed by atoms with van der Waals surface area (Å²) in [6.07, 6.45) is 1.37. The van der Waals surface area contributed by atoms with Crippen LogP contribution >= 0.6 is 0 Å². The van der Waals surface area contributed by atoms with E-state index in [9.17, 15) is 19.2 Å². The Hall–Kier alpha value is -4.84. The van der Waals surface area contributed by atoms with Crippen molar-refractivity contribution in [2.75, 3.05) is 31.5 Å². The predicted molar refractivity (Wildman–Crippen MR) is 129 cm³/mol. The normalized spacial score (nSPS) is 10.6. The lowest BCUT2D eigenvalue weighted by Gasteiger charge is -2.13. The quantitative estimate of drug-likeness (QED) is 0.351. The molecule has 0 saturated carbocycles. The van der Waals surface area contributed by atoms with Crippen LogP contribution in [0.2, 0.25) is 0 Å². The fourth-order valence-corrected chi connectivity index (χ4v) is 3.02. The second-order valence-electron chi connectivity index (χ2n) is 7.08. The molecule has 2 amide bonds. The standard InChI is InChI=1S/C26H22FN3O5/c1-33-22-6-4-3-5-21(22)30-25(31)16-35-23-12-7-17(14-24(23)34-2)13-18(15-28)26(32)29-20-10-8-19(27)9-11-20/h3-14H,16H2,1-2H3,(H,29,32)(H,30,31). The number of nitriles is 1. The van der Waals surface area contributed by atoms with E-state index in [-0.39, 0.29) is 12.2 Å². The summed E-state index contributed by atoms with van der Waals surface area (Å²) in [6, 6.07) is 18.7. The molecule has 0 aliphatic heterocycles. The van der Waals surface area contributed by atoms with Crippen molar-refractivity contribution < 1.29 is 28.2 Å². The predicted octanol–water partition coefficient (Wildman–Crippen LogP) is 4.41. The van der Waals surface area contributed by atoms with Gasteiger partial charge in [-0.2, -0.15) is 5.26 Å². The first-order chi connectivity index (χ1) is 16.9. The minimum Gasteiger partial charge on any atom is -0.495 e. The topological polar surface area (TPSA) is 110 Å². The summed E-state index contributed by atoms with van der Waals surface area (Å²) in [4.78, 5) is 24.7. The van der Waals surface area contributed by atoms with Crippen molar-refractivity contribution in [1.29, 1.82) is 5.26 Å². The van der Waals surface area contributed by atoms with Crippen molar-refractivity contribution in [3.05, 3.63) is 83.7 Å². The summed E-state index contributed by atoms with van der Waals surface area (Å²) in [5.74, 6) is -0.359. The second-order valence-corrected chi connectivity index (χ2v) is 7.08. The van der Waals surface area contributed by atoms with Gasteiger partial charge in [0.1, 0.15) is 23.2 Å². The number of nitrogens with one attached hydrogen (secondary N) is 2. The van der Waals surface area contributed by atoms with Crippen molar-refractivity contribution in [1.82, 2.24) is 0 Å². The van der Waals surface area contributed by atoms with Crippen molar-refractivity contribution in [2.24, 2.45) is 0 Å². The van der Waals surface area contributed by atoms with Crippen LogP contribution < -0.4 is 24.8 Å². The molecule has 0 aromatic heterocycles. The molecule has 8 nitrogen and oxygen atoms in total. The van der Waals surface area contributed by atoms with E-state index in [1.807, 2.05) is 6.07 Å². The first-order valence-electron chi connectivity index (χ1n) is 10.4. The fraction of sp³-hybridized carbons (Fsp3) is 0.115. The van der Waals surface area contributed by atoms with Gasteiger partial charge >= 0.3 is 0 Å². The molecule has 0 unspecified atom stereocenters. The molecule has 0 radical (unpaired) electrons. The lowest BCUT2D eigenvalue weighted by molar-refractivity contribution is -0.118. The second kappa shape index (κ2) is 11.9. The summed E-state index contributed by atoms with van der Waals surface area (Å²) in [6.45, 7) is -0.285. The Morgan fingerprint density at radius 1 is 0.943 bits per heavy atom. The van der Waals surface area contributed by atoms with Gasteiger partial charge in [0.05, 0.1) is 19.9 Å². The average molecular weight is 475 g/mol. The van der Waals surface area contributed by atoms with Crippen molar-refractivity contribution >= 4 is 29.3 Å². The molecule has 9 heteroatoms. The smallest absolute Gasteiger partial charge is 0.266 e. The zero-order valence-electron chi connectivity index (χ0n) is 19.0. The highest BCUT2D eigenvalue weighted by atomic mass is 19.1. The first-order valence-corrected chi connectivity index (χ1v) is 10.4. The highest BCUT2D eigenvalue weighted by molar-refractivity contribution is 6.09. The number of hydrogen-bond acceptors (Lipinski definition) is 6. The Morgan fingerprint density at radius 2 is 1.66 bits per heavy atom. The molecule has 0 aliphatic carbocycles. The maximum atomic E-state index is 13.0. The van der Waals surface area contributed by atoms with Crippen LogP contribution in [0.5, 0.6) is 17.2 Å². The number of methoxy groups -OCH3 is 2. The van der Waals surface area contributed by atoms with Gasteiger partial charge in [-0.25, -0.2) is 4.39 Å². The molecule has 0 fully saturated rings. The van der Waals surface area contributed by atoms with E-state index in [0.29, 0.717) is 34.2 Å². The number of carbonyl (C=O) groups excluding carboxylic acids is 2. The molecule has 3 aromatic carbocycles. The molecule has 0 bridgehead atoms. The third kappa shape index (κ3) is 6.82. The Balaban J connectivity index is 1.68. The maximum absolute atomic E-state index is 13.0. The Labute approximate surface area is 201 Å². The first kappa shape index (κ1) is 24.8. The lowest BCUT2D eigenvalue weighted by atomic mass is 10.1. The minimum absolute atomic E-state index is 0.166. The number of hydrogen-bond donors (Lipinski definition) is 2. The summed E-state index contributed by atoms with van der Waals surface area (Å²) in [5, 5.41) is 14.7. The van der Waals surface area contributed by atoms with Crippen LogP contribution in [0.4, 0.5) is 15.8 Å². The van der Waals surface area contributed by atoms with Gasteiger partial charge in [-0.15, -0.1) is 0 Å². The van der Waals surface area contributed by atoms with Crippen molar-refractivity contribution in [3.8, 4) is 23.3 Å². The number of ether oxygens (including phenoxy) is 3. The van der Waals surface area contributed by atoms with Gasteiger partial charge in [0, 0.05) is 5.69 Å². The highest BCUT2D eigenvalue weighted by Crippen LogP contribution is 2.29. The molecule has 3 rings (SSSR count). The van der Waals surface area contributed by atoms with Gasteiger partial charge in [0.15, 0.2) is 18.1 Å². The van der Waals surface area contributed by atoms with Crippen LogP contribution in [-0.4, -0.2) is 32.6 Å². The zero-order valence-corrected chi connectivity index (χ0v) is 19.0. The molecular weight excluding hydrogens is 453 g/mol. The molecule has 3 aromatic rings. The maximum Gasteiger partial charge on any atom is 0.266 e. The van der Waals surface area contributed by atoms with Gasteiger partial charge < -0.3 is 24.8 Å². The molecule has 178 valence electrons. The van der Waals surface area contributed by atoms with Crippen LogP contribution in [-0.2, 0) is 9.59 Å². The fourth-order valence-electron chi connectivity index (χ4n) is 3.02. The number of rotatable bonds is 9. The average Bonchev–Trinajstić information content (AvgIpc) is 2.87. The summed E-state index contributed by atoms with van der Waals surface area (Å²) < 4.78 is 29.2. The van der Waals surface area contributed by atoms with E-state index in [2.05, 4.69) is 10.6 Å². The van der Waals surface area contributed by atoms with Crippen LogP contribution in [0.1, 0.15) is 5.56 Å². The Morgan fingerprint density at radius 3 is 2.34 bits per heavy atom. The number of benzene rings is 3. The van der Waals surface area contributed by atoms with E-state index in [0.717, 1.165) is 0 Å². The summed E-state index contributed by atoms with van der Waals surface area (Å²) in [7, 11) is 2.93. The van der Waals surface area contributed by atoms with Crippen LogP contribution in [0.15, 0.2) is 72.3 Å². The Bertz CT molecular complexity index is 1280. The van der Waals surface area contributed by atoms with Crippen LogP contribution in [0.25, 0.3) is 6.08 Å². The molecule has 35 heavy (non-hydrogen) atoms. The summed E-state index contributed by atoms with van der Waals surface area (Å²) in [5.41, 5.74) is 1.20. The molecule has 2 N–H and O–H groups in total. The van der Waals surface area contributed by atoms with Gasteiger partial charge in [-0.05, 0) is 60.2 Å². The molecule has 0 atom stereocenters. The van der Waals surface area contributed by atoms with Crippen molar-refractivity contribution in [3.63, 3.8) is 0 Å². The number of nitrogens with zero attached hydrogens (tertiary/aromatic N) is 1. The number of amides is 2. The Kier molecular flexibility index (Phi) is 8.40. The number of halogens is 1. The van der Waals surface area contributed by atoms with Gasteiger partial charge in [0.25, 0.3) is 11.8 Å². The molecule has 0 spiro atoms. The largest absolute Gasteiger partial charge is 0.495 e. The molecule has 0 aliphatic rings. The van der Waals surface area contributed by atoms with E-state index in [1.165, 1.54) is 44.6 Å². The van der Waals surface area contributed by atoms with Crippen molar-refractivity contribution in [2.45, 2.75) is 0 Å². The zero-order chi connectivity index (χ0) is 25.2. The van der Waals surface area contributed by atoms with E-state index < -0.39 is 17.6 Å². The minimum atomic E-state index is -0.647. The van der Waals surface area contributed by atoms with Gasteiger partial charge in [-0.1, -0.05) is 18.2 Å². The van der Waals surface area contributed by atoms with Crippen LogP contribution in [0.3, 0.4) is 0 Å². The highest BCUT2D eigenvalue weighted by Gasteiger charge is 2.13. The molecular formula is C26H22FN3O5. The van der Waals surface area contributed by atoms with Crippen LogP contribution in [0, 0.1) is 17.1 Å². The van der Waals surface area contributed by atoms with E-state index in [4.69, 9.17) is 14.2 Å². The third-order valence-corrected chi connectivity index (χ3v) is 4.71. The lowest BCUT2D eigenvalue weighted by Crippen LogP contribution is -2.20. The van der Waals surface area contributed by atoms with Gasteiger partial charge in [0.2, 0.25) is 0 Å². The van der Waals surface area contributed by atoms with E-state index in [1.54, 1.807) is 42.5 Å². The number of para-hydroxylation sites is 2. The van der Waals surface area contributed by atoms with E-state index >= 15 is 0 Å². The summed E-state index contributed by atoms with van der Waals surface area (Å²) >= 11 is 0. The molecule has 0 heterocycles. The number of anilines is 2. The number of carbonyl (C=O) groups is 2. The molecule has 0 saturated heterocycles. The SMILES string of the molecule is COc1ccccc1NC(=O)COc1ccc(C=C(C#N)C(=O)Nc2ccc(F)cc2)cc1OC. The van der Waals surface area contributed by atoms with Gasteiger partial charge in [-0.3, -0.25) is 9.59 Å².